The fraction of sp³-hybridized carbons (Fsp3) is 0.115. The number of anilines is 1. The smallest absolute Gasteiger partial charge is 0.338 e. The van der Waals surface area contributed by atoms with Gasteiger partial charge in [-0.05, 0) is 48.9 Å². The number of Topliss-reactive ketones (excluding diaryl/α,β-unsaturated/α-hetero) is 1. The summed E-state index contributed by atoms with van der Waals surface area (Å²) in [7, 11) is 0. The van der Waals surface area contributed by atoms with Gasteiger partial charge in [-0.25, -0.2) is 4.79 Å². The molecule has 7 heteroatoms. The molecule has 33 heavy (non-hydrogen) atoms. The Morgan fingerprint density at radius 2 is 1.58 bits per heavy atom. The number of hydrogen-bond donors (Lipinski definition) is 1. The Morgan fingerprint density at radius 3 is 2.18 bits per heavy atom. The number of ether oxygens (including phenoxy) is 1. The topological polar surface area (TPSA) is 83.9 Å². The lowest BCUT2D eigenvalue weighted by Gasteiger charge is -2.25. The first kappa shape index (κ1) is 22.5. The third-order valence-corrected chi connectivity index (χ3v) is 5.86. The number of ketones is 1. The van der Waals surface area contributed by atoms with E-state index in [2.05, 4.69) is 15.9 Å². The number of carbonyl (C=O) groups excluding carboxylic acids is 3. The van der Waals surface area contributed by atoms with Crippen molar-refractivity contribution in [1.29, 1.82) is 0 Å². The van der Waals surface area contributed by atoms with E-state index in [0.717, 1.165) is 4.47 Å². The highest BCUT2D eigenvalue weighted by molar-refractivity contribution is 9.10. The molecule has 1 heterocycles. The molecule has 0 saturated carbocycles. The molecule has 0 aliphatic carbocycles. The van der Waals surface area contributed by atoms with Crippen LogP contribution >= 0.6 is 15.9 Å². The van der Waals surface area contributed by atoms with E-state index in [0.29, 0.717) is 22.4 Å². The summed E-state index contributed by atoms with van der Waals surface area (Å²) < 4.78 is 5.85. The monoisotopic (exact) mass is 505 g/mol. The Kier molecular flexibility index (Phi) is 6.42. The van der Waals surface area contributed by atoms with E-state index < -0.39 is 23.7 Å². The average molecular weight is 506 g/mol. The van der Waals surface area contributed by atoms with Gasteiger partial charge in [-0.3, -0.25) is 14.5 Å². The fourth-order valence-corrected chi connectivity index (χ4v) is 4.05. The van der Waals surface area contributed by atoms with Gasteiger partial charge in [-0.15, -0.1) is 0 Å². The van der Waals surface area contributed by atoms with E-state index in [4.69, 9.17) is 4.74 Å². The molecule has 0 spiro atoms. The molecule has 0 bridgehead atoms. The van der Waals surface area contributed by atoms with Crippen molar-refractivity contribution in [2.24, 2.45) is 0 Å². The minimum Gasteiger partial charge on any atom is -0.507 e. The molecule has 4 rings (SSSR count). The van der Waals surface area contributed by atoms with Crippen LogP contribution < -0.4 is 4.90 Å². The van der Waals surface area contributed by atoms with Gasteiger partial charge in [-0.2, -0.15) is 0 Å². The first-order valence-corrected chi connectivity index (χ1v) is 11.1. The van der Waals surface area contributed by atoms with Gasteiger partial charge in [-0.1, -0.05) is 58.4 Å². The molecule has 3 aromatic rings. The van der Waals surface area contributed by atoms with Crippen molar-refractivity contribution in [1.82, 2.24) is 0 Å². The van der Waals surface area contributed by atoms with Crippen molar-refractivity contribution >= 4 is 45.0 Å². The highest BCUT2D eigenvalue weighted by atomic mass is 79.9. The van der Waals surface area contributed by atoms with Gasteiger partial charge in [0.2, 0.25) is 0 Å². The van der Waals surface area contributed by atoms with Crippen LogP contribution in [0.3, 0.4) is 0 Å². The molecule has 1 saturated heterocycles. The molecule has 0 aromatic heterocycles. The summed E-state index contributed by atoms with van der Waals surface area (Å²) in [6.07, 6.45) is 0. The summed E-state index contributed by atoms with van der Waals surface area (Å²) in [5.41, 5.74) is 1.86. The molecule has 1 fully saturated rings. The maximum absolute atomic E-state index is 13.2. The zero-order valence-corrected chi connectivity index (χ0v) is 19.3. The maximum atomic E-state index is 13.2. The normalized spacial score (nSPS) is 17.3. The Bertz CT molecular complexity index is 1230. The summed E-state index contributed by atoms with van der Waals surface area (Å²) >= 11 is 3.40. The molecule has 1 aliphatic heterocycles. The van der Waals surface area contributed by atoms with Crippen LogP contribution in [0.5, 0.6) is 0 Å². The maximum Gasteiger partial charge on any atom is 0.338 e. The number of carbonyl (C=O) groups is 3. The van der Waals surface area contributed by atoms with E-state index in [1.54, 1.807) is 73.7 Å². The lowest BCUT2D eigenvalue weighted by molar-refractivity contribution is -0.132. The highest BCUT2D eigenvalue weighted by Gasteiger charge is 2.46. The number of nitrogens with zero attached hydrogens (tertiary/aromatic N) is 1. The zero-order chi connectivity index (χ0) is 23.5. The number of aliphatic hydroxyl groups excluding tert-OH is 1. The number of aliphatic hydroxyl groups is 1. The summed E-state index contributed by atoms with van der Waals surface area (Å²) in [5, 5.41) is 11.0. The summed E-state index contributed by atoms with van der Waals surface area (Å²) in [6.45, 7) is 1.97. The minimum absolute atomic E-state index is 0.00277. The van der Waals surface area contributed by atoms with Crippen LogP contribution in [0.25, 0.3) is 5.76 Å². The average Bonchev–Trinajstić information content (AvgIpc) is 3.10. The number of hydrogen-bond acceptors (Lipinski definition) is 5. The molecule has 1 unspecified atom stereocenters. The van der Waals surface area contributed by atoms with E-state index in [-0.39, 0.29) is 17.9 Å². The molecule has 0 radical (unpaired) electrons. The number of esters is 1. The van der Waals surface area contributed by atoms with Crippen LogP contribution in [0.4, 0.5) is 5.69 Å². The van der Waals surface area contributed by atoms with Crippen molar-refractivity contribution in [3.8, 4) is 0 Å². The molecule has 166 valence electrons. The molecule has 6 nitrogen and oxygen atoms in total. The van der Waals surface area contributed by atoms with Gasteiger partial charge in [0.1, 0.15) is 5.76 Å². The number of benzene rings is 3. The molecule has 1 atom stereocenters. The Morgan fingerprint density at radius 1 is 0.939 bits per heavy atom. The van der Waals surface area contributed by atoms with E-state index in [1.165, 1.54) is 4.90 Å². The number of rotatable bonds is 5. The first-order chi connectivity index (χ1) is 15.9. The van der Waals surface area contributed by atoms with Gasteiger partial charge in [0.05, 0.1) is 23.8 Å². The Hall–Kier alpha value is -3.71. The molecule has 1 amide bonds. The zero-order valence-electron chi connectivity index (χ0n) is 17.7. The summed E-state index contributed by atoms with van der Waals surface area (Å²) in [5.74, 6) is -2.25. The lowest BCUT2D eigenvalue weighted by Crippen LogP contribution is -2.29. The van der Waals surface area contributed by atoms with Gasteiger partial charge in [0.25, 0.3) is 11.7 Å². The summed E-state index contributed by atoms with van der Waals surface area (Å²) in [4.78, 5) is 39.6. The predicted molar refractivity (Wildman–Crippen MR) is 128 cm³/mol. The van der Waals surface area contributed by atoms with Crippen molar-refractivity contribution in [3.63, 3.8) is 0 Å². The molecular formula is C26H20BrNO5. The van der Waals surface area contributed by atoms with Crippen LogP contribution in [0.15, 0.2) is 88.9 Å². The Labute approximate surface area is 199 Å². The largest absolute Gasteiger partial charge is 0.507 e. The molecular weight excluding hydrogens is 486 g/mol. The van der Waals surface area contributed by atoms with Gasteiger partial charge < -0.3 is 9.84 Å². The third kappa shape index (κ3) is 4.32. The second-order valence-corrected chi connectivity index (χ2v) is 8.27. The number of halogens is 1. The lowest BCUT2D eigenvalue weighted by atomic mass is 9.95. The second kappa shape index (κ2) is 9.42. The van der Waals surface area contributed by atoms with Crippen LogP contribution in [0.2, 0.25) is 0 Å². The quantitative estimate of drug-likeness (QED) is 0.221. The van der Waals surface area contributed by atoms with Crippen LogP contribution in [-0.4, -0.2) is 29.4 Å². The fourth-order valence-electron chi connectivity index (χ4n) is 3.78. The molecule has 3 aromatic carbocycles. The van der Waals surface area contributed by atoms with Crippen molar-refractivity contribution in [2.75, 3.05) is 11.5 Å². The first-order valence-electron chi connectivity index (χ1n) is 10.3. The predicted octanol–water partition coefficient (Wildman–Crippen LogP) is 5.25. The van der Waals surface area contributed by atoms with E-state index >= 15 is 0 Å². The molecule has 1 N–H and O–H groups in total. The van der Waals surface area contributed by atoms with E-state index in [1.807, 2.05) is 12.1 Å². The molecule has 1 aliphatic rings. The summed E-state index contributed by atoms with van der Waals surface area (Å²) in [6, 6.07) is 21.3. The highest BCUT2D eigenvalue weighted by Crippen LogP contribution is 2.42. The van der Waals surface area contributed by atoms with Crippen LogP contribution in [-0.2, 0) is 14.3 Å². The standard InChI is InChI=1S/C26H20BrNO5/c1-2-33-26(32)18-10-14-20(15-11-18)28-22(16-8-12-19(27)13-9-16)21(24(30)25(28)31)23(29)17-6-4-3-5-7-17/h3-15,22,29H,2H2,1H3. The number of amides is 1. The van der Waals surface area contributed by atoms with Gasteiger partial charge in [0, 0.05) is 15.7 Å². The third-order valence-electron chi connectivity index (χ3n) is 5.33. The van der Waals surface area contributed by atoms with Crippen LogP contribution in [0, 0.1) is 0 Å². The Balaban J connectivity index is 1.85. The van der Waals surface area contributed by atoms with Crippen LogP contribution in [0.1, 0.15) is 34.5 Å². The van der Waals surface area contributed by atoms with E-state index in [9.17, 15) is 19.5 Å². The van der Waals surface area contributed by atoms with Crippen molar-refractivity contribution in [2.45, 2.75) is 13.0 Å². The van der Waals surface area contributed by atoms with Crippen molar-refractivity contribution in [3.05, 3.63) is 106 Å². The van der Waals surface area contributed by atoms with Gasteiger partial charge in [0.15, 0.2) is 0 Å². The van der Waals surface area contributed by atoms with Gasteiger partial charge >= 0.3 is 5.97 Å². The second-order valence-electron chi connectivity index (χ2n) is 7.35. The van der Waals surface area contributed by atoms with Crippen molar-refractivity contribution < 1.29 is 24.2 Å². The SMILES string of the molecule is CCOC(=O)c1ccc(N2C(=O)C(=O)C(=C(O)c3ccccc3)C2c2ccc(Br)cc2)cc1. The minimum atomic E-state index is -0.841.